The number of halogens is 4. The number of hydrogen-bond acceptors (Lipinski definition) is 2. The lowest BCUT2D eigenvalue weighted by molar-refractivity contribution is -0.163. The van der Waals surface area contributed by atoms with Gasteiger partial charge in [-0.1, -0.05) is 0 Å². The Morgan fingerprint density at radius 2 is 2.00 bits per heavy atom. The highest BCUT2D eigenvalue weighted by Gasteiger charge is 2.49. The Morgan fingerprint density at radius 3 is 2.47 bits per heavy atom. The zero-order valence-corrected chi connectivity index (χ0v) is 8.68. The minimum Gasteiger partial charge on any atom is -0.508 e. The average molecular weight is 251 g/mol. The van der Waals surface area contributed by atoms with Crippen LogP contribution in [-0.4, -0.2) is 23.4 Å². The van der Waals surface area contributed by atoms with Gasteiger partial charge < -0.3 is 10.4 Å². The summed E-state index contributed by atoms with van der Waals surface area (Å²) in [5.41, 5.74) is 0.219. The van der Waals surface area contributed by atoms with Crippen LogP contribution in [0.2, 0.25) is 0 Å². The average Bonchev–Trinajstić information content (AvgIpc) is 2.21. The normalized spacial score (nSPS) is 11.6. The fourth-order valence-electron chi connectivity index (χ4n) is 1.09. The number of rotatable bonds is 3. The molecular weight excluding hydrogens is 242 g/mol. The number of anilines is 1. The van der Waals surface area contributed by atoms with Crippen molar-refractivity contribution < 1.29 is 27.5 Å². The summed E-state index contributed by atoms with van der Waals surface area (Å²) in [7, 11) is 0. The zero-order chi connectivity index (χ0) is 13.2. The molecule has 0 fully saturated rings. The van der Waals surface area contributed by atoms with Gasteiger partial charge in [0.25, 0.3) is 0 Å². The molecule has 0 aliphatic rings. The van der Waals surface area contributed by atoms with E-state index in [0.29, 0.717) is 0 Å². The van der Waals surface area contributed by atoms with E-state index in [1.165, 1.54) is 13.0 Å². The van der Waals surface area contributed by atoms with E-state index >= 15 is 0 Å². The molecule has 17 heavy (non-hydrogen) atoms. The van der Waals surface area contributed by atoms with Gasteiger partial charge in [-0.3, -0.25) is 4.79 Å². The number of phenols is 1. The number of hydrogen-bond donors (Lipinski definition) is 2. The van der Waals surface area contributed by atoms with Crippen LogP contribution in [0.5, 0.6) is 5.75 Å². The summed E-state index contributed by atoms with van der Waals surface area (Å²) in [4.78, 5) is 10.9. The van der Waals surface area contributed by atoms with E-state index in [4.69, 9.17) is 5.11 Å². The molecule has 2 N–H and O–H groups in total. The van der Waals surface area contributed by atoms with Crippen molar-refractivity contribution in [3.63, 3.8) is 0 Å². The van der Waals surface area contributed by atoms with E-state index in [1.54, 1.807) is 5.32 Å². The van der Waals surface area contributed by atoms with Gasteiger partial charge in [-0.2, -0.15) is 8.78 Å². The number of aryl methyl sites for hydroxylation is 1. The number of phenolic OH excluding ortho intramolecular Hbond substituents is 1. The van der Waals surface area contributed by atoms with Gasteiger partial charge in [0.05, 0.1) is 0 Å². The predicted molar refractivity (Wildman–Crippen MR) is 52.4 cm³/mol. The molecule has 0 spiro atoms. The highest BCUT2D eigenvalue weighted by molar-refractivity contribution is 5.97. The molecule has 0 radical (unpaired) electrons. The zero-order valence-electron chi connectivity index (χ0n) is 8.68. The Bertz CT molecular complexity index is 434. The number of aromatic hydroxyl groups is 1. The second-order valence-electron chi connectivity index (χ2n) is 3.38. The third kappa shape index (κ3) is 2.86. The van der Waals surface area contributed by atoms with E-state index in [9.17, 15) is 22.4 Å². The second kappa shape index (κ2) is 4.60. The molecule has 1 aromatic carbocycles. The molecule has 7 heteroatoms. The topological polar surface area (TPSA) is 49.3 Å². The summed E-state index contributed by atoms with van der Waals surface area (Å²) in [5.74, 6) is -6.95. The molecule has 3 nitrogen and oxygen atoms in total. The summed E-state index contributed by atoms with van der Waals surface area (Å²) in [6.45, 7) is 1.43. The van der Waals surface area contributed by atoms with Crippen molar-refractivity contribution in [2.45, 2.75) is 19.3 Å². The van der Waals surface area contributed by atoms with Crippen molar-refractivity contribution >= 4 is 11.6 Å². The summed E-state index contributed by atoms with van der Waals surface area (Å²) in [6.07, 6.45) is -4.07. The van der Waals surface area contributed by atoms with Crippen LogP contribution in [0.25, 0.3) is 0 Å². The summed E-state index contributed by atoms with van der Waals surface area (Å²) >= 11 is 0. The Labute approximate surface area is 94.1 Å². The van der Waals surface area contributed by atoms with Crippen molar-refractivity contribution in [1.82, 2.24) is 0 Å². The number of alkyl halides is 4. The molecule has 0 bridgehead atoms. The number of benzene rings is 1. The molecule has 0 atom stereocenters. The van der Waals surface area contributed by atoms with Crippen LogP contribution in [0.4, 0.5) is 23.2 Å². The molecule has 1 aromatic rings. The second-order valence-corrected chi connectivity index (χ2v) is 3.38. The molecule has 0 unspecified atom stereocenters. The highest BCUT2D eigenvalue weighted by Crippen LogP contribution is 2.26. The van der Waals surface area contributed by atoms with E-state index in [0.717, 1.165) is 12.1 Å². The minimum atomic E-state index is -4.75. The van der Waals surface area contributed by atoms with Gasteiger partial charge in [0.2, 0.25) is 0 Å². The quantitative estimate of drug-likeness (QED) is 0.640. The Morgan fingerprint density at radius 1 is 1.41 bits per heavy atom. The van der Waals surface area contributed by atoms with Gasteiger partial charge in [-0.05, 0) is 30.7 Å². The van der Waals surface area contributed by atoms with E-state index in [2.05, 4.69) is 0 Å². The maximum absolute atomic E-state index is 12.6. The van der Waals surface area contributed by atoms with Gasteiger partial charge >= 0.3 is 18.3 Å². The van der Waals surface area contributed by atoms with E-state index in [1.807, 2.05) is 0 Å². The molecule has 0 saturated heterocycles. The molecule has 0 aliphatic carbocycles. The maximum atomic E-state index is 12.6. The standard InChI is InChI=1S/C10H9F4NO2/c1-5-4-6(16)2-3-7(5)15-9(17)10(13,14)8(11)12/h2-4,8,16H,1H3,(H,15,17). The van der Waals surface area contributed by atoms with Crippen LogP contribution >= 0.6 is 0 Å². The lowest BCUT2D eigenvalue weighted by Gasteiger charge is -2.15. The Balaban J connectivity index is 2.89. The first-order chi connectivity index (χ1) is 7.75. The number of carbonyl (C=O) groups is 1. The number of carbonyl (C=O) groups excluding carboxylic acids is 1. The summed E-state index contributed by atoms with van der Waals surface area (Å²) in [6, 6.07) is 3.49. The van der Waals surface area contributed by atoms with Crippen LogP contribution in [0.15, 0.2) is 18.2 Å². The van der Waals surface area contributed by atoms with Crippen LogP contribution in [0.1, 0.15) is 5.56 Å². The number of amides is 1. The predicted octanol–water partition coefficient (Wildman–Crippen LogP) is 2.54. The minimum absolute atomic E-state index is 0.0619. The third-order valence-corrected chi connectivity index (χ3v) is 2.03. The van der Waals surface area contributed by atoms with Crippen LogP contribution in [0.3, 0.4) is 0 Å². The van der Waals surface area contributed by atoms with Gasteiger partial charge in [0.15, 0.2) is 0 Å². The molecule has 0 saturated carbocycles. The van der Waals surface area contributed by atoms with E-state index < -0.39 is 18.3 Å². The van der Waals surface area contributed by atoms with Crippen LogP contribution < -0.4 is 5.32 Å². The molecule has 0 aromatic heterocycles. The maximum Gasteiger partial charge on any atom is 0.383 e. The fourth-order valence-corrected chi connectivity index (χ4v) is 1.09. The van der Waals surface area contributed by atoms with Gasteiger partial charge in [0.1, 0.15) is 5.75 Å². The summed E-state index contributed by atoms with van der Waals surface area (Å²) < 4.78 is 49.0. The Hall–Kier alpha value is -1.79. The molecule has 1 amide bonds. The smallest absolute Gasteiger partial charge is 0.383 e. The van der Waals surface area contributed by atoms with Crippen molar-refractivity contribution in [3.05, 3.63) is 23.8 Å². The molecule has 94 valence electrons. The lowest BCUT2D eigenvalue weighted by atomic mass is 10.2. The largest absolute Gasteiger partial charge is 0.508 e. The Kier molecular flexibility index (Phi) is 3.59. The van der Waals surface area contributed by atoms with Crippen molar-refractivity contribution in [3.8, 4) is 5.75 Å². The molecule has 0 heterocycles. The first-order valence-corrected chi connectivity index (χ1v) is 4.52. The first-order valence-electron chi connectivity index (χ1n) is 4.52. The molecule has 1 rings (SSSR count). The SMILES string of the molecule is Cc1cc(O)ccc1NC(=O)C(F)(F)C(F)F. The highest BCUT2D eigenvalue weighted by atomic mass is 19.3. The van der Waals surface area contributed by atoms with E-state index in [-0.39, 0.29) is 17.0 Å². The third-order valence-electron chi connectivity index (χ3n) is 2.03. The van der Waals surface area contributed by atoms with Gasteiger partial charge in [-0.15, -0.1) is 0 Å². The summed E-state index contributed by atoms with van der Waals surface area (Å²) in [5, 5.41) is 10.7. The van der Waals surface area contributed by atoms with Crippen LogP contribution in [0, 0.1) is 6.92 Å². The lowest BCUT2D eigenvalue weighted by Crippen LogP contribution is -2.41. The van der Waals surface area contributed by atoms with Crippen LogP contribution in [-0.2, 0) is 4.79 Å². The van der Waals surface area contributed by atoms with Gasteiger partial charge in [0, 0.05) is 5.69 Å². The van der Waals surface area contributed by atoms with Gasteiger partial charge in [-0.25, -0.2) is 8.78 Å². The fraction of sp³-hybridized carbons (Fsp3) is 0.300. The van der Waals surface area contributed by atoms with Crippen molar-refractivity contribution in [1.29, 1.82) is 0 Å². The monoisotopic (exact) mass is 251 g/mol. The van der Waals surface area contributed by atoms with Crippen molar-refractivity contribution in [2.75, 3.05) is 5.32 Å². The van der Waals surface area contributed by atoms with Crippen molar-refractivity contribution in [2.24, 2.45) is 0 Å². The molecular formula is C10H9F4NO2. The number of nitrogens with one attached hydrogen (secondary N) is 1. The first kappa shape index (κ1) is 13.3. The molecule has 0 aliphatic heterocycles.